The summed E-state index contributed by atoms with van der Waals surface area (Å²) in [4.78, 5) is 2.87. The van der Waals surface area contributed by atoms with Crippen molar-refractivity contribution in [3.05, 3.63) is 28.8 Å². The average Bonchev–Trinajstić information content (AvgIpc) is 3.33. The molecule has 1 aliphatic heterocycles. The van der Waals surface area contributed by atoms with Crippen LogP contribution >= 0.6 is 0 Å². The van der Waals surface area contributed by atoms with E-state index in [1.807, 2.05) is 6.07 Å². The van der Waals surface area contributed by atoms with E-state index in [4.69, 9.17) is 0 Å². The Hall–Kier alpha value is -1.02. The SMILES string of the molecule is CCCC(CC1C(C)N(CC2CC2C)CCC12c1c(C)ccc(O)c1C[C@H]2C)CC(C)(C)C. The molecule has 2 heteroatoms. The molecule has 6 unspecified atom stereocenters. The number of rotatable bonds is 7. The standard InChI is InChI=1S/C31H51NO/c1-9-10-24(18-30(6,7)8)17-27-23(5)32(19-25-15-21(25)3)14-13-31(27)22(4)16-26-28(33)12-11-20(2)29(26)31/h11-12,21-25,27,33H,9-10,13-19H2,1-8H3/t21?,22-,23?,24?,25?,27?,31?/m1/s1. The van der Waals surface area contributed by atoms with Gasteiger partial charge in [-0.3, -0.25) is 0 Å². The molecule has 1 N–H and O–H groups in total. The second-order valence-electron chi connectivity index (χ2n) is 13.6. The number of phenolic OH excluding ortho intramolecular Hbond substituents is 1. The number of benzene rings is 1. The Morgan fingerprint density at radius 3 is 2.48 bits per heavy atom. The molecular weight excluding hydrogens is 402 g/mol. The number of piperidine rings is 1. The van der Waals surface area contributed by atoms with Crippen molar-refractivity contribution in [1.82, 2.24) is 4.90 Å². The van der Waals surface area contributed by atoms with Crippen molar-refractivity contribution in [1.29, 1.82) is 0 Å². The zero-order valence-electron chi connectivity index (χ0n) is 22.9. The van der Waals surface area contributed by atoms with Gasteiger partial charge in [0, 0.05) is 18.0 Å². The molecule has 3 aliphatic rings. The molecule has 1 heterocycles. The van der Waals surface area contributed by atoms with Crippen molar-refractivity contribution in [3.63, 3.8) is 0 Å². The summed E-state index contributed by atoms with van der Waals surface area (Å²) in [6.07, 6.45) is 9.01. The fourth-order valence-corrected chi connectivity index (χ4v) is 8.22. The molecule has 1 aromatic carbocycles. The maximum atomic E-state index is 10.9. The first-order chi connectivity index (χ1) is 15.5. The highest BCUT2D eigenvalue weighted by molar-refractivity contribution is 5.53. The summed E-state index contributed by atoms with van der Waals surface area (Å²) in [5.74, 6) is 4.43. The Balaban J connectivity index is 1.73. The first-order valence-corrected chi connectivity index (χ1v) is 14.0. The van der Waals surface area contributed by atoms with Gasteiger partial charge in [0.25, 0.3) is 0 Å². The molecule has 1 spiro atoms. The largest absolute Gasteiger partial charge is 0.508 e. The van der Waals surface area contributed by atoms with Crippen molar-refractivity contribution in [3.8, 4) is 5.75 Å². The van der Waals surface area contributed by atoms with Crippen molar-refractivity contribution in [2.24, 2.45) is 35.0 Å². The third-order valence-corrected chi connectivity index (χ3v) is 9.91. The smallest absolute Gasteiger partial charge is 0.119 e. The highest BCUT2D eigenvalue weighted by Gasteiger charge is 2.56. The number of hydrogen-bond donors (Lipinski definition) is 1. The highest BCUT2D eigenvalue weighted by Crippen LogP contribution is 2.59. The van der Waals surface area contributed by atoms with E-state index in [1.165, 1.54) is 68.3 Å². The molecule has 4 rings (SSSR count). The highest BCUT2D eigenvalue weighted by atomic mass is 16.3. The fraction of sp³-hybridized carbons (Fsp3) is 0.806. The van der Waals surface area contributed by atoms with E-state index in [0.717, 1.165) is 24.2 Å². The van der Waals surface area contributed by atoms with Crippen LogP contribution in [0.15, 0.2) is 12.1 Å². The van der Waals surface area contributed by atoms with Crippen LogP contribution in [-0.2, 0) is 11.8 Å². The zero-order valence-corrected chi connectivity index (χ0v) is 22.9. The molecule has 33 heavy (non-hydrogen) atoms. The third kappa shape index (κ3) is 4.75. The Labute approximate surface area is 204 Å². The first kappa shape index (κ1) is 25.1. The lowest BCUT2D eigenvalue weighted by atomic mass is 9.56. The monoisotopic (exact) mass is 453 g/mol. The van der Waals surface area contributed by atoms with E-state index in [0.29, 0.717) is 29.0 Å². The van der Waals surface area contributed by atoms with E-state index < -0.39 is 0 Å². The number of hydrogen-bond acceptors (Lipinski definition) is 2. The molecular formula is C31H51NO. The van der Waals surface area contributed by atoms with Gasteiger partial charge in [-0.05, 0) is 110 Å². The second-order valence-corrected chi connectivity index (χ2v) is 13.6. The molecule has 0 amide bonds. The number of aromatic hydroxyl groups is 1. The van der Waals surface area contributed by atoms with Crippen LogP contribution in [0.25, 0.3) is 0 Å². The number of phenols is 1. The predicted octanol–water partition coefficient (Wildman–Crippen LogP) is 7.74. The maximum absolute atomic E-state index is 10.9. The lowest BCUT2D eigenvalue weighted by Gasteiger charge is -2.55. The second kappa shape index (κ2) is 9.21. The third-order valence-electron chi connectivity index (χ3n) is 9.91. The Morgan fingerprint density at radius 2 is 1.88 bits per heavy atom. The molecule has 2 fully saturated rings. The molecule has 1 saturated carbocycles. The van der Waals surface area contributed by atoms with E-state index in [2.05, 4.69) is 66.4 Å². The molecule has 0 radical (unpaired) electrons. The molecule has 186 valence electrons. The number of likely N-dealkylation sites (tertiary alicyclic amines) is 1. The lowest BCUT2D eigenvalue weighted by Crippen LogP contribution is -2.57. The van der Waals surface area contributed by atoms with Crippen molar-refractivity contribution >= 4 is 0 Å². The van der Waals surface area contributed by atoms with Crippen LogP contribution in [0.1, 0.15) is 104 Å². The van der Waals surface area contributed by atoms with E-state index in [-0.39, 0.29) is 5.41 Å². The van der Waals surface area contributed by atoms with Crippen molar-refractivity contribution in [2.75, 3.05) is 13.1 Å². The van der Waals surface area contributed by atoms with Gasteiger partial charge >= 0.3 is 0 Å². The van der Waals surface area contributed by atoms with Crippen LogP contribution in [0.3, 0.4) is 0 Å². The molecule has 0 bridgehead atoms. The van der Waals surface area contributed by atoms with Crippen molar-refractivity contribution < 1.29 is 5.11 Å². The van der Waals surface area contributed by atoms with Gasteiger partial charge < -0.3 is 10.0 Å². The van der Waals surface area contributed by atoms with Crippen LogP contribution < -0.4 is 0 Å². The minimum absolute atomic E-state index is 0.215. The Kier molecular flexibility index (Phi) is 7.00. The maximum Gasteiger partial charge on any atom is 0.119 e. The quantitative estimate of drug-likeness (QED) is 0.456. The summed E-state index contributed by atoms with van der Waals surface area (Å²) in [7, 11) is 0. The predicted molar refractivity (Wildman–Crippen MR) is 141 cm³/mol. The minimum atomic E-state index is 0.215. The van der Waals surface area contributed by atoms with Gasteiger partial charge in [-0.25, -0.2) is 0 Å². The van der Waals surface area contributed by atoms with Gasteiger partial charge in [0.15, 0.2) is 0 Å². The van der Waals surface area contributed by atoms with E-state index in [9.17, 15) is 5.11 Å². The molecule has 1 aromatic rings. The van der Waals surface area contributed by atoms with Gasteiger partial charge in [0.05, 0.1) is 0 Å². The normalized spacial score (nSPS) is 35.1. The number of fused-ring (bicyclic) bond motifs is 2. The lowest BCUT2D eigenvalue weighted by molar-refractivity contribution is -0.00582. The Morgan fingerprint density at radius 1 is 1.18 bits per heavy atom. The molecule has 1 saturated heterocycles. The van der Waals surface area contributed by atoms with E-state index >= 15 is 0 Å². The van der Waals surface area contributed by atoms with Gasteiger partial charge in [0.1, 0.15) is 5.75 Å². The number of nitrogens with zero attached hydrogens (tertiary/aromatic N) is 1. The summed E-state index contributed by atoms with van der Waals surface area (Å²) < 4.78 is 0. The first-order valence-electron chi connectivity index (χ1n) is 14.0. The van der Waals surface area contributed by atoms with Crippen LogP contribution in [0.4, 0.5) is 0 Å². The van der Waals surface area contributed by atoms with Gasteiger partial charge in [-0.1, -0.05) is 60.5 Å². The van der Waals surface area contributed by atoms with Crippen LogP contribution in [0.5, 0.6) is 5.75 Å². The number of aryl methyl sites for hydroxylation is 1. The molecule has 0 aromatic heterocycles. The van der Waals surface area contributed by atoms with E-state index in [1.54, 1.807) is 0 Å². The minimum Gasteiger partial charge on any atom is -0.508 e. The van der Waals surface area contributed by atoms with Crippen LogP contribution in [0.2, 0.25) is 0 Å². The fourth-order valence-electron chi connectivity index (χ4n) is 8.22. The molecule has 7 atom stereocenters. The van der Waals surface area contributed by atoms with Crippen LogP contribution in [-0.4, -0.2) is 29.1 Å². The molecule has 2 aliphatic carbocycles. The zero-order chi connectivity index (χ0) is 24.1. The summed E-state index contributed by atoms with van der Waals surface area (Å²) in [5, 5.41) is 10.9. The summed E-state index contributed by atoms with van der Waals surface area (Å²) in [5.41, 5.74) is 4.81. The van der Waals surface area contributed by atoms with Gasteiger partial charge in [-0.2, -0.15) is 0 Å². The summed E-state index contributed by atoms with van der Waals surface area (Å²) in [6.45, 7) is 21.9. The molecule has 2 nitrogen and oxygen atoms in total. The summed E-state index contributed by atoms with van der Waals surface area (Å²) >= 11 is 0. The summed E-state index contributed by atoms with van der Waals surface area (Å²) in [6, 6.07) is 4.75. The topological polar surface area (TPSA) is 23.5 Å². The van der Waals surface area contributed by atoms with Gasteiger partial charge in [0.2, 0.25) is 0 Å². The van der Waals surface area contributed by atoms with Gasteiger partial charge in [-0.15, -0.1) is 0 Å². The van der Waals surface area contributed by atoms with Crippen molar-refractivity contribution in [2.45, 2.75) is 112 Å². The van der Waals surface area contributed by atoms with Crippen LogP contribution in [0, 0.1) is 41.9 Å². The average molecular weight is 454 g/mol. The Bertz CT molecular complexity index is 838.